The van der Waals surface area contributed by atoms with Crippen LogP contribution in [-0.2, 0) is 27.2 Å². The van der Waals surface area contributed by atoms with E-state index in [0.717, 1.165) is 44.5 Å². The Hall–Kier alpha value is -4.32. The number of aromatic hydroxyl groups is 2. The van der Waals surface area contributed by atoms with Crippen LogP contribution in [0.15, 0.2) is 48.1 Å². The first-order valence-corrected chi connectivity index (χ1v) is 15.1. The van der Waals surface area contributed by atoms with E-state index in [-0.39, 0.29) is 35.9 Å². The molecule has 2 aromatic rings. The topological polar surface area (TPSA) is 133 Å². The molecule has 2 aliphatic heterocycles. The molecule has 43 heavy (non-hydrogen) atoms. The molecule has 3 unspecified atom stereocenters. The summed E-state index contributed by atoms with van der Waals surface area (Å²) in [5.41, 5.74) is 4.43. The van der Waals surface area contributed by atoms with Gasteiger partial charge in [0.15, 0.2) is 11.5 Å². The Bertz CT molecular complexity index is 1410. The second kappa shape index (κ2) is 15.2. The third-order valence-corrected chi connectivity index (χ3v) is 8.14. The molecule has 3 heterocycles. The molecule has 230 valence electrons. The number of methoxy groups -OCH3 is 1. The number of allylic oxidation sites excluding steroid dienone is 2. The molecule has 0 aliphatic carbocycles. The van der Waals surface area contributed by atoms with Crippen LogP contribution in [0.25, 0.3) is 0 Å². The number of aromatic nitrogens is 1. The van der Waals surface area contributed by atoms with E-state index < -0.39 is 18.0 Å². The first kappa shape index (κ1) is 31.6. The van der Waals surface area contributed by atoms with Crippen LogP contribution in [0, 0.1) is 17.8 Å². The molecule has 9 heteroatoms. The van der Waals surface area contributed by atoms with Gasteiger partial charge in [0.05, 0.1) is 25.4 Å². The smallest absolute Gasteiger partial charge is 0.302 e. The number of hydrogen-bond donors (Lipinski definition) is 5. The predicted octanol–water partition coefficient (Wildman–Crippen LogP) is 4.76. The summed E-state index contributed by atoms with van der Waals surface area (Å²) in [5, 5.41) is 27.1. The lowest BCUT2D eigenvalue weighted by Gasteiger charge is -2.21. The Morgan fingerprint density at radius 3 is 2.65 bits per heavy atom. The van der Waals surface area contributed by atoms with Gasteiger partial charge in [0.2, 0.25) is 5.75 Å². The number of hydrogen-bond acceptors (Lipinski definition) is 8. The second-order valence-corrected chi connectivity index (χ2v) is 11.3. The van der Waals surface area contributed by atoms with E-state index >= 15 is 0 Å². The van der Waals surface area contributed by atoms with E-state index in [9.17, 15) is 19.8 Å². The Morgan fingerprint density at radius 2 is 1.88 bits per heavy atom. The van der Waals surface area contributed by atoms with Crippen molar-refractivity contribution in [2.24, 2.45) is 5.92 Å². The molecular formula is C34H43N3O6. The summed E-state index contributed by atoms with van der Waals surface area (Å²) in [6.07, 6.45) is 13.3. The molecule has 9 nitrogen and oxygen atoms in total. The lowest BCUT2D eigenvalue weighted by atomic mass is 9.88. The van der Waals surface area contributed by atoms with Gasteiger partial charge in [0.25, 0.3) is 0 Å². The lowest BCUT2D eigenvalue weighted by molar-refractivity contribution is -0.148. The Balaban J connectivity index is 1.63. The monoisotopic (exact) mass is 589 g/mol. The van der Waals surface area contributed by atoms with E-state index in [0.29, 0.717) is 24.4 Å². The Morgan fingerprint density at radius 1 is 1.07 bits per heavy atom. The minimum absolute atomic E-state index is 0.0515. The van der Waals surface area contributed by atoms with Gasteiger partial charge in [-0.05, 0) is 78.5 Å². The summed E-state index contributed by atoms with van der Waals surface area (Å²) in [4.78, 5) is 28.7. The molecule has 0 radical (unpaired) electrons. The summed E-state index contributed by atoms with van der Waals surface area (Å²) in [7, 11) is 1.39. The molecule has 1 aromatic heterocycles. The fraction of sp³-hybridized carbons (Fsp3) is 0.471. The number of phenolic OH excluding ortho intramolecular Hbond substituents is 2. The number of phenols is 2. The van der Waals surface area contributed by atoms with E-state index in [1.807, 2.05) is 0 Å². The normalized spacial score (nSPS) is 21.8. The highest BCUT2D eigenvalue weighted by atomic mass is 16.5. The zero-order valence-electron chi connectivity index (χ0n) is 25.3. The predicted molar refractivity (Wildman–Crippen MR) is 165 cm³/mol. The highest BCUT2D eigenvalue weighted by molar-refractivity contribution is 5.81. The van der Waals surface area contributed by atoms with Gasteiger partial charge in [-0.3, -0.25) is 9.59 Å². The number of aryl methyl sites for hydroxylation is 1. The van der Waals surface area contributed by atoms with Crippen LogP contribution in [-0.4, -0.2) is 53.3 Å². The van der Waals surface area contributed by atoms with E-state index in [2.05, 4.69) is 58.9 Å². The lowest BCUT2D eigenvalue weighted by Crippen LogP contribution is -2.29. The molecule has 0 spiro atoms. The van der Waals surface area contributed by atoms with E-state index in [1.54, 1.807) is 6.07 Å². The number of carbonyl (C=O) groups is 2. The molecule has 3 atom stereocenters. The van der Waals surface area contributed by atoms with Crippen LogP contribution in [0.5, 0.6) is 17.2 Å². The first-order valence-electron chi connectivity index (χ1n) is 15.1. The average molecular weight is 590 g/mol. The molecule has 2 bridgehead atoms. The zero-order chi connectivity index (χ0) is 30.8. The largest absolute Gasteiger partial charge is 0.504 e. The van der Waals surface area contributed by atoms with Gasteiger partial charge in [-0.15, -0.1) is 0 Å². The van der Waals surface area contributed by atoms with Crippen molar-refractivity contribution < 1.29 is 29.3 Å². The number of nitrogens with one attached hydrogen (secondary N) is 3. The van der Waals surface area contributed by atoms with Gasteiger partial charge in [0.1, 0.15) is 11.9 Å². The molecule has 0 fully saturated rings. The minimum Gasteiger partial charge on any atom is -0.504 e. The maximum absolute atomic E-state index is 13.4. The quantitative estimate of drug-likeness (QED) is 0.196. The van der Waals surface area contributed by atoms with Crippen molar-refractivity contribution in [1.82, 2.24) is 15.6 Å². The number of ketones is 1. The molecule has 4 rings (SSSR count). The molecule has 0 amide bonds. The van der Waals surface area contributed by atoms with Crippen molar-refractivity contribution in [1.29, 1.82) is 0 Å². The number of fused-ring (bicyclic) bond motifs is 2. The van der Waals surface area contributed by atoms with Gasteiger partial charge in [-0.2, -0.15) is 0 Å². The first-order chi connectivity index (χ1) is 20.7. The number of rotatable bonds is 4. The number of dihydropyridines is 1. The van der Waals surface area contributed by atoms with Gasteiger partial charge in [0, 0.05) is 38.7 Å². The number of ether oxygens (including phenoxy) is 2. The van der Waals surface area contributed by atoms with E-state index in [4.69, 9.17) is 9.47 Å². The number of aromatic amines is 1. The van der Waals surface area contributed by atoms with Crippen LogP contribution in [0.4, 0.5) is 0 Å². The summed E-state index contributed by atoms with van der Waals surface area (Å²) < 4.78 is 10.8. The van der Waals surface area contributed by atoms with Crippen molar-refractivity contribution in [2.45, 2.75) is 77.2 Å². The highest BCUT2D eigenvalue weighted by Crippen LogP contribution is 2.39. The van der Waals surface area contributed by atoms with Crippen LogP contribution in [0.3, 0.4) is 0 Å². The molecule has 5 N–H and O–H groups in total. The van der Waals surface area contributed by atoms with Crippen molar-refractivity contribution >= 4 is 11.8 Å². The summed E-state index contributed by atoms with van der Waals surface area (Å²) in [6.45, 7) is 4.61. The number of H-pyrrole nitrogens is 1. The summed E-state index contributed by atoms with van der Waals surface area (Å²) in [6, 6.07) is 2.99. The molecular weight excluding hydrogens is 546 g/mol. The van der Waals surface area contributed by atoms with Gasteiger partial charge in [-0.1, -0.05) is 31.3 Å². The zero-order valence-corrected chi connectivity index (χ0v) is 25.3. The van der Waals surface area contributed by atoms with Gasteiger partial charge < -0.3 is 35.3 Å². The van der Waals surface area contributed by atoms with E-state index in [1.165, 1.54) is 36.8 Å². The standard InChI is InChI=1S/C34H43N3O6/c1-4-23-8-10-30(43-22(2)38)19-29(39)16-25(27-17-31(40)34(41)32(18-27)42-3)6-5-12-36-33-15-24(11-13-37-33)7-9-26-20-35-21-28(26)14-23/h11,15,17-18,20-21,23,25,30,35-37,40-41H,4,7-10,12-14,16,19H2,1-3H3. The van der Waals surface area contributed by atoms with Crippen LogP contribution >= 0.6 is 0 Å². The van der Waals surface area contributed by atoms with Crippen LogP contribution < -0.4 is 15.4 Å². The van der Waals surface area contributed by atoms with Crippen molar-refractivity contribution in [3.63, 3.8) is 0 Å². The van der Waals surface area contributed by atoms with Crippen LogP contribution in [0.2, 0.25) is 0 Å². The van der Waals surface area contributed by atoms with Crippen molar-refractivity contribution in [3.8, 4) is 29.1 Å². The molecule has 1 aromatic carbocycles. The fourth-order valence-corrected chi connectivity index (χ4v) is 5.73. The number of Topliss-reactive ketones (excluding diaryl/α,β-unsaturated/α-hetero) is 1. The summed E-state index contributed by atoms with van der Waals surface area (Å²) >= 11 is 0. The number of carbonyl (C=O) groups excluding carboxylic acids is 2. The van der Waals surface area contributed by atoms with Crippen molar-refractivity contribution in [3.05, 3.63) is 64.8 Å². The molecule has 0 saturated heterocycles. The van der Waals surface area contributed by atoms with Gasteiger partial charge in [-0.25, -0.2) is 0 Å². The average Bonchev–Trinajstić information content (AvgIpc) is 3.43. The third-order valence-electron chi connectivity index (χ3n) is 8.14. The second-order valence-electron chi connectivity index (χ2n) is 11.3. The highest BCUT2D eigenvalue weighted by Gasteiger charge is 2.24. The molecule has 2 aliphatic rings. The Kier molecular flexibility index (Phi) is 11.2. The summed E-state index contributed by atoms with van der Waals surface area (Å²) in [5.74, 6) is 5.87. The third kappa shape index (κ3) is 9.08. The molecule has 0 saturated carbocycles. The number of esters is 1. The Labute approximate surface area is 253 Å². The van der Waals surface area contributed by atoms with Crippen molar-refractivity contribution in [2.75, 3.05) is 20.2 Å². The maximum Gasteiger partial charge on any atom is 0.302 e. The van der Waals surface area contributed by atoms with Crippen LogP contribution in [0.1, 0.15) is 75.0 Å². The maximum atomic E-state index is 13.4. The minimum atomic E-state index is -0.572. The van der Waals surface area contributed by atoms with Gasteiger partial charge >= 0.3 is 5.97 Å². The SMILES string of the molecule is CCC1CCC(OC(C)=O)CC(=O)CC(c2cc(O)c(O)c(OC)c2)C#CCNC2=CC(=CCN2)CCc2c[nH]cc2C1. The number of benzene rings is 1. The fourth-order valence-electron chi connectivity index (χ4n) is 5.73.